The van der Waals surface area contributed by atoms with Crippen molar-refractivity contribution in [2.75, 3.05) is 18.6 Å². The molecule has 1 fully saturated rings. The number of rotatable bonds is 5. The third-order valence-electron chi connectivity index (χ3n) is 5.01. The Kier molecular flexibility index (Phi) is 4.77. The number of amides is 2. The van der Waals surface area contributed by atoms with Gasteiger partial charge in [0.1, 0.15) is 5.76 Å². The Morgan fingerprint density at radius 1 is 1.21 bits per heavy atom. The maximum absolute atomic E-state index is 12.7. The van der Waals surface area contributed by atoms with Crippen molar-refractivity contribution in [3.8, 4) is 5.75 Å². The van der Waals surface area contributed by atoms with Crippen LogP contribution in [0.3, 0.4) is 0 Å². The van der Waals surface area contributed by atoms with E-state index in [1.54, 1.807) is 30.2 Å². The predicted molar refractivity (Wildman–Crippen MR) is 107 cm³/mol. The number of nitrogens with zero attached hydrogens (tertiary/aromatic N) is 1. The standard InChI is InChI=1S/C22H22N2O4/c1-14(19-13-15-6-4-9-18(27-2)21(15)28-19)23-22(26)16-7-3-8-17(12-16)24-11-5-10-20(24)25/h3-4,6-9,12-14H,5,10-11H2,1-2H3,(H,23,26). The second kappa shape index (κ2) is 7.38. The molecule has 1 saturated heterocycles. The molecule has 1 aliphatic heterocycles. The molecule has 2 aromatic carbocycles. The van der Waals surface area contributed by atoms with Gasteiger partial charge in [0.15, 0.2) is 11.3 Å². The van der Waals surface area contributed by atoms with Gasteiger partial charge in [0.25, 0.3) is 5.91 Å². The minimum absolute atomic E-state index is 0.0992. The third kappa shape index (κ3) is 3.33. The fraction of sp³-hybridized carbons (Fsp3) is 0.273. The van der Waals surface area contributed by atoms with E-state index in [2.05, 4.69) is 5.32 Å². The van der Waals surface area contributed by atoms with Crippen LogP contribution in [0.1, 0.15) is 41.9 Å². The summed E-state index contributed by atoms with van der Waals surface area (Å²) < 4.78 is 11.2. The lowest BCUT2D eigenvalue weighted by molar-refractivity contribution is -0.117. The fourth-order valence-electron chi connectivity index (χ4n) is 3.52. The van der Waals surface area contributed by atoms with Crippen LogP contribution in [0.15, 0.2) is 52.9 Å². The predicted octanol–water partition coefficient (Wildman–Crippen LogP) is 4.06. The number of hydrogen-bond acceptors (Lipinski definition) is 4. The number of hydrogen-bond donors (Lipinski definition) is 1. The Bertz CT molecular complexity index is 1040. The van der Waals surface area contributed by atoms with Gasteiger partial charge in [-0.2, -0.15) is 0 Å². The molecule has 0 saturated carbocycles. The first kappa shape index (κ1) is 18.1. The summed E-state index contributed by atoms with van der Waals surface area (Å²) in [5.74, 6) is 1.19. The average Bonchev–Trinajstić information content (AvgIpc) is 3.34. The summed E-state index contributed by atoms with van der Waals surface area (Å²) in [5, 5.41) is 3.88. The molecule has 28 heavy (non-hydrogen) atoms. The van der Waals surface area contributed by atoms with Crippen molar-refractivity contribution in [2.45, 2.75) is 25.8 Å². The normalized spacial score (nSPS) is 15.1. The monoisotopic (exact) mass is 378 g/mol. The number of furan rings is 1. The van der Waals surface area contributed by atoms with E-state index >= 15 is 0 Å². The zero-order valence-electron chi connectivity index (χ0n) is 15.9. The van der Waals surface area contributed by atoms with Crippen molar-refractivity contribution in [1.82, 2.24) is 5.32 Å². The van der Waals surface area contributed by atoms with Gasteiger partial charge in [0.2, 0.25) is 5.91 Å². The van der Waals surface area contributed by atoms with Gasteiger partial charge in [-0.1, -0.05) is 18.2 Å². The van der Waals surface area contributed by atoms with Crippen LogP contribution >= 0.6 is 0 Å². The van der Waals surface area contributed by atoms with E-state index in [1.165, 1.54) is 0 Å². The summed E-state index contributed by atoms with van der Waals surface area (Å²) in [6.07, 6.45) is 1.41. The van der Waals surface area contributed by atoms with E-state index < -0.39 is 0 Å². The zero-order chi connectivity index (χ0) is 19.7. The summed E-state index contributed by atoms with van der Waals surface area (Å²) in [6, 6.07) is 14.4. The molecule has 1 aromatic heterocycles. The van der Waals surface area contributed by atoms with E-state index in [4.69, 9.17) is 9.15 Å². The summed E-state index contributed by atoms with van der Waals surface area (Å²) in [4.78, 5) is 26.4. The van der Waals surface area contributed by atoms with Gasteiger partial charge in [-0.05, 0) is 43.7 Å². The quantitative estimate of drug-likeness (QED) is 0.727. The Labute approximate surface area is 163 Å². The van der Waals surface area contributed by atoms with E-state index in [9.17, 15) is 9.59 Å². The Morgan fingerprint density at radius 3 is 2.79 bits per heavy atom. The summed E-state index contributed by atoms with van der Waals surface area (Å²) in [7, 11) is 1.60. The molecule has 6 heteroatoms. The molecule has 4 rings (SSSR count). The first-order chi connectivity index (χ1) is 13.6. The number of ether oxygens (including phenoxy) is 1. The molecule has 1 unspecified atom stereocenters. The first-order valence-corrected chi connectivity index (χ1v) is 9.34. The molecule has 0 bridgehead atoms. The van der Waals surface area contributed by atoms with Crippen LogP contribution < -0.4 is 15.0 Å². The fourth-order valence-corrected chi connectivity index (χ4v) is 3.52. The SMILES string of the molecule is COc1cccc2cc(C(C)NC(=O)c3cccc(N4CCCC4=O)c3)oc12. The number of benzene rings is 2. The minimum atomic E-state index is -0.318. The molecule has 0 radical (unpaired) electrons. The largest absolute Gasteiger partial charge is 0.493 e. The molecule has 3 aromatic rings. The Balaban J connectivity index is 1.53. The van der Waals surface area contributed by atoms with Crippen LogP contribution in [-0.4, -0.2) is 25.5 Å². The van der Waals surface area contributed by atoms with Gasteiger partial charge in [-0.15, -0.1) is 0 Å². The molecule has 2 heterocycles. The van der Waals surface area contributed by atoms with Gasteiger partial charge in [-0.25, -0.2) is 0 Å². The van der Waals surface area contributed by atoms with Crippen LogP contribution in [0.4, 0.5) is 5.69 Å². The Hall–Kier alpha value is -3.28. The third-order valence-corrected chi connectivity index (χ3v) is 5.01. The van der Waals surface area contributed by atoms with Crippen LogP contribution in [-0.2, 0) is 4.79 Å². The number of nitrogens with one attached hydrogen (secondary N) is 1. The molecular weight excluding hydrogens is 356 g/mol. The van der Waals surface area contributed by atoms with E-state index in [-0.39, 0.29) is 17.9 Å². The number of methoxy groups -OCH3 is 1. The lowest BCUT2D eigenvalue weighted by Gasteiger charge is -2.17. The van der Waals surface area contributed by atoms with Gasteiger partial charge >= 0.3 is 0 Å². The van der Waals surface area contributed by atoms with Crippen molar-refractivity contribution in [2.24, 2.45) is 0 Å². The highest BCUT2D eigenvalue weighted by Crippen LogP contribution is 2.31. The highest BCUT2D eigenvalue weighted by atomic mass is 16.5. The lowest BCUT2D eigenvalue weighted by Crippen LogP contribution is -2.27. The molecule has 144 valence electrons. The maximum Gasteiger partial charge on any atom is 0.251 e. The lowest BCUT2D eigenvalue weighted by atomic mass is 10.1. The van der Waals surface area contributed by atoms with Gasteiger partial charge in [0, 0.05) is 29.6 Å². The molecule has 2 amide bonds. The van der Waals surface area contributed by atoms with Crippen LogP contribution in [0.2, 0.25) is 0 Å². The second-order valence-corrected chi connectivity index (χ2v) is 6.92. The van der Waals surface area contributed by atoms with Crippen LogP contribution in [0.25, 0.3) is 11.0 Å². The molecule has 1 atom stereocenters. The molecule has 1 N–H and O–H groups in total. The zero-order valence-corrected chi connectivity index (χ0v) is 15.9. The number of carbonyl (C=O) groups excluding carboxylic acids is 2. The molecule has 6 nitrogen and oxygen atoms in total. The first-order valence-electron chi connectivity index (χ1n) is 9.34. The van der Waals surface area contributed by atoms with E-state index in [0.29, 0.717) is 35.6 Å². The molecule has 0 aliphatic carbocycles. The second-order valence-electron chi connectivity index (χ2n) is 6.92. The number of fused-ring (bicyclic) bond motifs is 1. The molecular formula is C22H22N2O4. The van der Waals surface area contributed by atoms with Crippen LogP contribution in [0.5, 0.6) is 5.75 Å². The van der Waals surface area contributed by atoms with Crippen molar-refractivity contribution in [3.05, 3.63) is 59.9 Å². The highest BCUT2D eigenvalue weighted by molar-refractivity contribution is 5.99. The average molecular weight is 378 g/mol. The van der Waals surface area contributed by atoms with Crippen molar-refractivity contribution < 1.29 is 18.7 Å². The van der Waals surface area contributed by atoms with E-state index in [1.807, 2.05) is 37.3 Å². The van der Waals surface area contributed by atoms with Gasteiger partial charge < -0.3 is 19.4 Å². The van der Waals surface area contributed by atoms with Crippen molar-refractivity contribution in [1.29, 1.82) is 0 Å². The summed E-state index contributed by atoms with van der Waals surface area (Å²) in [5.41, 5.74) is 1.93. The topological polar surface area (TPSA) is 71.8 Å². The Morgan fingerprint density at radius 2 is 2.04 bits per heavy atom. The van der Waals surface area contributed by atoms with Crippen molar-refractivity contribution >= 4 is 28.5 Å². The number of para-hydroxylation sites is 1. The minimum Gasteiger partial charge on any atom is -0.493 e. The molecule has 0 spiro atoms. The number of carbonyl (C=O) groups is 2. The summed E-state index contributed by atoms with van der Waals surface area (Å²) in [6.45, 7) is 2.57. The number of anilines is 1. The van der Waals surface area contributed by atoms with E-state index in [0.717, 1.165) is 17.5 Å². The van der Waals surface area contributed by atoms with Gasteiger partial charge in [0.05, 0.1) is 13.2 Å². The van der Waals surface area contributed by atoms with Crippen molar-refractivity contribution in [3.63, 3.8) is 0 Å². The smallest absolute Gasteiger partial charge is 0.251 e. The summed E-state index contributed by atoms with van der Waals surface area (Å²) >= 11 is 0. The van der Waals surface area contributed by atoms with Gasteiger partial charge in [-0.3, -0.25) is 9.59 Å². The molecule has 1 aliphatic rings. The maximum atomic E-state index is 12.7. The highest BCUT2D eigenvalue weighted by Gasteiger charge is 2.23. The van der Waals surface area contributed by atoms with Crippen LogP contribution in [0, 0.1) is 0 Å².